The third-order valence-electron chi connectivity index (χ3n) is 4.59. The lowest BCUT2D eigenvalue weighted by atomic mass is 9.96. The number of carbonyl (C=O) groups excluding carboxylic acids is 1. The van der Waals surface area contributed by atoms with Crippen molar-refractivity contribution in [1.82, 2.24) is 10.2 Å². The predicted molar refractivity (Wildman–Crippen MR) is 100 cm³/mol. The van der Waals surface area contributed by atoms with E-state index in [-0.39, 0.29) is 24.2 Å². The van der Waals surface area contributed by atoms with Crippen LogP contribution in [-0.2, 0) is 4.79 Å². The van der Waals surface area contributed by atoms with Crippen molar-refractivity contribution in [2.75, 3.05) is 33.3 Å². The zero-order valence-electron chi connectivity index (χ0n) is 14.2. The summed E-state index contributed by atoms with van der Waals surface area (Å²) >= 11 is 0. The monoisotopic (exact) mass is 348 g/mol. The number of benzene rings is 2. The standard InChI is InChI=1S/C19H24N2O2.ClH/c1-14(19(22)21-10-3-8-20-9-11-21)15-4-5-17-13-18(23-2)7-6-16(17)12-15;/h4-7,12-14,20H,3,8-11H2,1-2H3;1H. The van der Waals surface area contributed by atoms with Crippen LogP contribution in [0.5, 0.6) is 5.75 Å². The van der Waals surface area contributed by atoms with Crippen LogP contribution >= 0.6 is 12.4 Å². The second-order valence-electron chi connectivity index (χ2n) is 6.12. The van der Waals surface area contributed by atoms with E-state index in [1.807, 2.05) is 30.0 Å². The van der Waals surface area contributed by atoms with E-state index in [1.54, 1.807) is 7.11 Å². The van der Waals surface area contributed by atoms with Gasteiger partial charge in [-0.05, 0) is 48.4 Å². The van der Waals surface area contributed by atoms with Crippen LogP contribution in [0.2, 0.25) is 0 Å². The number of fused-ring (bicyclic) bond motifs is 1. The summed E-state index contributed by atoms with van der Waals surface area (Å²) in [4.78, 5) is 14.8. The van der Waals surface area contributed by atoms with Gasteiger partial charge in [0, 0.05) is 19.6 Å². The highest BCUT2D eigenvalue weighted by molar-refractivity contribution is 5.88. The Morgan fingerprint density at radius 3 is 2.67 bits per heavy atom. The number of rotatable bonds is 3. The van der Waals surface area contributed by atoms with Gasteiger partial charge in [0.1, 0.15) is 5.75 Å². The summed E-state index contributed by atoms with van der Waals surface area (Å²) in [7, 11) is 1.67. The fourth-order valence-corrected chi connectivity index (χ4v) is 3.12. The smallest absolute Gasteiger partial charge is 0.229 e. The average molecular weight is 349 g/mol. The van der Waals surface area contributed by atoms with Crippen molar-refractivity contribution in [3.8, 4) is 5.75 Å². The van der Waals surface area contributed by atoms with Gasteiger partial charge in [-0.25, -0.2) is 0 Å². The maximum absolute atomic E-state index is 12.8. The molecule has 1 aliphatic rings. The van der Waals surface area contributed by atoms with Crippen molar-refractivity contribution in [3.63, 3.8) is 0 Å². The molecule has 1 unspecified atom stereocenters. The molecule has 0 saturated carbocycles. The summed E-state index contributed by atoms with van der Waals surface area (Å²) in [5, 5.41) is 5.61. The molecule has 1 saturated heterocycles. The van der Waals surface area contributed by atoms with E-state index >= 15 is 0 Å². The minimum Gasteiger partial charge on any atom is -0.497 e. The Kier molecular flexibility index (Phi) is 6.46. The molecule has 0 bridgehead atoms. The van der Waals surface area contributed by atoms with E-state index in [2.05, 4.69) is 23.5 Å². The van der Waals surface area contributed by atoms with Gasteiger partial charge in [-0.15, -0.1) is 12.4 Å². The van der Waals surface area contributed by atoms with Crippen LogP contribution in [0.15, 0.2) is 36.4 Å². The molecular weight excluding hydrogens is 324 g/mol. The van der Waals surface area contributed by atoms with E-state index in [1.165, 1.54) is 0 Å². The number of nitrogens with one attached hydrogen (secondary N) is 1. The van der Waals surface area contributed by atoms with Crippen molar-refractivity contribution in [2.45, 2.75) is 19.3 Å². The first-order valence-corrected chi connectivity index (χ1v) is 8.26. The second kappa shape index (κ2) is 8.36. The third-order valence-corrected chi connectivity index (χ3v) is 4.59. The van der Waals surface area contributed by atoms with Gasteiger partial charge in [-0.2, -0.15) is 0 Å². The number of methoxy groups -OCH3 is 1. The summed E-state index contributed by atoms with van der Waals surface area (Å²) in [6, 6.07) is 12.3. The highest BCUT2D eigenvalue weighted by atomic mass is 35.5. The Bertz CT molecular complexity index is 697. The molecule has 24 heavy (non-hydrogen) atoms. The molecule has 1 fully saturated rings. The lowest BCUT2D eigenvalue weighted by Crippen LogP contribution is -2.36. The van der Waals surface area contributed by atoms with Gasteiger partial charge in [-0.1, -0.05) is 24.3 Å². The van der Waals surface area contributed by atoms with Crippen molar-refractivity contribution in [3.05, 3.63) is 42.0 Å². The van der Waals surface area contributed by atoms with Crippen LogP contribution in [0, 0.1) is 0 Å². The molecule has 2 aromatic rings. The molecule has 0 radical (unpaired) electrons. The molecule has 1 heterocycles. The molecule has 1 amide bonds. The van der Waals surface area contributed by atoms with Crippen molar-refractivity contribution < 1.29 is 9.53 Å². The molecule has 3 rings (SSSR count). The van der Waals surface area contributed by atoms with Gasteiger partial charge in [0.05, 0.1) is 13.0 Å². The topological polar surface area (TPSA) is 41.6 Å². The highest BCUT2D eigenvalue weighted by Crippen LogP contribution is 2.26. The first kappa shape index (κ1) is 18.6. The fourth-order valence-electron chi connectivity index (χ4n) is 3.12. The van der Waals surface area contributed by atoms with Crippen molar-refractivity contribution >= 4 is 29.1 Å². The maximum atomic E-state index is 12.8. The molecule has 1 aliphatic heterocycles. The summed E-state index contributed by atoms with van der Waals surface area (Å²) < 4.78 is 5.26. The maximum Gasteiger partial charge on any atom is 0.229 e. The fraction of sp³-hybridized carbons (Fsp3) is 0.421. The second-order valence-corrected chi connectivity index (χ2v) is 6.12. The normalized spacial score (nSPS) is 16.2. The summed E-state index contributed by atoms with van der Waals surface area (Å²) in [6.45, 7) is 5.53. The van der Waals surface area contributed by atoms with Crippen LogP contribution in [-0.4, -0.2) is 44.1 Å². The van der Waals surface area contributed by atoms with Gasteiger partial charge < -0.3 is 15.0 Å². The Morgan fingerprint density at radius 2 is 1.88 bits per heavy atom. The third kappa shape index (κ3) is 4.00. The Balaban J connectivity index is 0.00000208. The lowest BCUT2D eigenvalue weighted by molar-refractivity contribution is -0.132. The number of ether oxygens (including phenoxy) is 1. The van der Waals surface area contributed by atoms with Crippen LogP contribution in [0.25, 0.3) is 10.8 Å². The van der Waals surface area contributed by atoms with E-state index in [4.69, 9.17) is 4.74 Å². The molecule has 5 heteroatoms. The van der Waals surface area contributed by atoms with Crippen LogP contribution in [0.3, 0.4) is 0 Å². The first-order valence-electron chi connectivity index (χ1n) is 8.26. The number of hydrogen-bond acceptors (Lipinski definition) is 3. The average Bonchev–Trinajstić information content (AvgIpc) is 2.88. The Morgan fingerprint density at radius 1 is 1.12 bits per heavy atom. The van der Waals surface area contributed by atoms with Crippen molar-refractivity contribution in [2.24, 2.45) is 0 Å². The summed E-state index contributed by atoms with van der Waals surface area (Å²) in [5.74, 6) is 0.965. The molecule has 1 N–H and O–H groups in total. The van der Waals surface area contributed by atoms with Gasteiger partial charge in [0.2, 0.25) is 5.91 Å². The number of amides is 1. The molecule has 1 atom stereocenters. The number of halogens is 1. The molecular formula is C19H25ClN2O2. The molecule has 0 aromatic heterocycles. The summed E-state index contributed by atoms with van der Waals surface area (Å²) in [5.41, 5.74) is 1.07. The molecule has 2 aromatic carbocycles. The Hall–Kier alpha value is -1.78. The first-order chi connectivity index (χ1) is 11.2. The number of nitrogens with zero attached hydrogens (tertiary/aromatic N) is 1. The predicted octanol–water partition coefficient (Wildman–Crippen LogP) is 3.20. The number of hydrogen-bond donors (Lipinski definition) is 1. The molecule has 130 valence electrons. The molecule has 4 nitrogen and oxygen atoms in total. The lowest BCUT2D eigenvalue weighted by Gasteiger charge is -2.24. The molecule has 0 spiro atoms. The van der Waals surface area contributed by atoms with Crippen molar-refractivity contribution in [1.29, 1.82) is 0 Å². The zero-order chi connectivity index (χ0) is 16.2. The van der Waals surface area contributed by atoms with Crippen LogP contribution < -0.4 is 10.1 Å². The largest absolute Gasteiger partial charge is 0.497 e. The van der Waals surface area contributed by atoms with Gasteiger partial charge >= 0.3 is 0 Å². The van der Waals surface area contributed by atoms with E-state index in [9.17, 15) is 4.79 Å². The van der Waals surface area contributed by atoms with Crippen LogP contribution in [0.4, 0.5) is 0 Å². The minimum absolute atomic E-state index is 0. The van der Waals surface area contributed by atoms with Gasteiger partial charge in [-0.3, -0.25) is 4.79 Å². The zero-order valence-corrected chi connectivity index (χ0v) is 15.1. The quantitative estimate of drug-likeness (QED) is 0.926. The highest BCUT2D eigenvalue weighted by Gasteiger charge is 2.22. The minimum atomic E-state index is -0.111. The SMILES string of the molecule is COc1ccc2cc(C(C)C(=O)N3CCCNCC3)ccc2c1.Cl. The van der Waals surface area contributed by atoms with E-state index < -0.39 is 0 Å². The van der Waals surface area contributed by atoms with Gasteiger partial charge in [0.15, 0.2) is 0 Å². The Labute approximate surface area is 149 Å². The van der Waals surface area contributed by atoms with Gasteiger partial charge in [0.25, 0.3) is 0 Å². The van der Waals surface area contributed by atoms with E-state index in [0.717, 1.165) is 54.7 Å². The van der Waals surface area contributed by atoms with E-state index in [0.29, 0.717) is 0 Å². The summed E-state index contributed by atoms with van der Waals surface area (Å²) in [6.07, 6.45) is 1.02. The van der Waals surface area contributed by atoms with Crippen LogP contribution in [0.1, 0.15) is 24.8 Å². The number of carbonyl (C=O) groups is 1. The molecule has 0 aliphatic carbocycles.